The highest BCUT2D eigenvalue weighted by Gasteiger charge is 2.36. The standard InChI is InChI=1S/C22H23N3O4/c1-14-5-3-8-19(15(14)2)25-13-16(11-20(25)26)21(27)23-17-6-4-7-18(12-17)24-9-10-29-22(24)28/h3-8,12,16H,9-11,13H2,1-2H3,(H,23,27). The summed E-state index contributed by atoms with van der Waals surface area (Å²) >= 11 is 0. The molecule has 2 fully saturated rings. The lowest BCUT2D eigenvalue weighted by Gasteiger charge is -2.20. The fraction of sp³-hybridized carbons (Fsp3) is 0.318. The summed E-state index contributed by atoms with van der Waals surface area (Å²) in [4.78, 5) is 40.3. The van der Waals surface area contributed by atoms with Gasteiger partial charge in [0.25, 0.3) is 0 Å². The van der Waals surface area contributed by atoms with Crippen molar-refractivity contribution in [1.29, 1.82) is 0 Å². The van der Waals surface area contributed by atoms with Crippen molar-refractivity contribution in [3.63, 3.8) is 0 Å². The molecular formula is C22H23N3O4. The van der Waals surface area contributed by atoms with Crippen LogP contribution in [-0.4, -0.2) is 37.6 Å². The molecule has 2 aromatic rings. The molecule has 0 aromatic heterocycles. The minimum absolute atomic E-state index is 0.0487. The molecule has 2 heterocycles. The van der Waals surface area contributed by atoms with Crippen LogP contribution in [0.1, 0.15) is 17.5 Å². The number of hydrogen-bond acceptors (Lipinski definition) is 4. The van der Waals surface area contributed by atoms with Crippen molar-refractivity contribution in [2.24, 2.45) is 5.92 Å². The van der Waals surface area contributed by atoms with Gasteiger partial charge in [0.15, 0.2) is 0 Å². The molecule has 2 saturated heterocycles. The van der Waals surface area contributed by atoms with Crippen LogP contribution in [0.25, 0.3) is 0 Å². The summed E-state index contributed by atoms with van der Waals surface area (Å²) in [6, 6.07) is 12.9. The Morgan fingerprint density at radius 3 is 2.66 bits per heavy atom. The molecule has 2 aliphatic rings. The number of nitrogens with one attached hydrogen (secondary N) is 1. The van der Waals surface area contributed by atoms with Crippen LogP contribution in [-0.2, 0) is 14.3 Å². The molecule has 0 aliphatic carbocycles. The maximum Gasteiger partial charge on any atom is 0.414 e. The molecule has 7 nitrogen and oxygen atoms in total. The van der Waals surface area contributed by atoms with Crippen LogP contribution in [0.5, 0.6) is 0 Å². The van der Waals surface area contributed by atoms with E-state index < -0.39 is 5.92 Å². The van der Waals surface area contributed by atoms with Gasteiger partial charge in [-0.2, -0.15) is 0 Å². The van der Waals surface area contributed by atoms with Crippen molar-refractivity contribution in [2.45, 2.75) is 20.3 Å². The number of amides is 3. The zero-order valence-electron chi connectivity index (χ0n) is 16.5. The van der Waals surface area contributed by atoms with Gasteiger partial charge in [0, 0.05) is 30.0 Å². The van der Waals surface area contributed by atoms with E-state index in [1.165, 1.54) is 4.90 Å². The second kappa shape index (κ2) is 7.58. The lowest BCUT2D eigenvalue weighted by molar-refractivity contribution is -0.122. The second-order valence-electron chi connectivity index (χ2n) is 7.43. The summed E-state index contributed by atoms with van der Waals surface area (Å²) in [5.74, 6) is -0.678. The third-order valence-electron chi connectivity index (χ3n) is 5.55. The number of benzene rings is 2. The van der Waals surface area contributed by atoms with Crippen molar-refractivity contribution >= 4 is 35.0 Å². The minimum atomic E-state index is -0.428. The quantitative estimate of drug-likeness (QED) is 0.865. The Kier molecular flexibility index (Phi) is 4.96. The zero-order valence-corrected chi connectivity index (χ0v) is 16.5. The Morgan fingerprint density at radius 1 is 1.10 bits per heavy atom. The summed E-state index contributed by atoms with van der Waals surface area (Å²) in [6.45, 7) is 5.19. The first kappa shape index (κ1) is 19.0. The van der Waals surface area contributed by atoms with E-state index in [1.54, 1.807) is 29.2 Å². The molecule has 4 rings (SSSR count). The van der Waals surface area contributed by atoms with E-state index >= 15 is 0 Å². The summed E-state index contributed by atoms with van der Waals surface area (Å²) in [6.07, 6.45) is -0.212. The number of anilines is 3. The molecule has 0 radical (unpaired) electrons. The molecule has 0 spiro atoms. The van der Waals surface area contributed by atoms with Crippen LogP contribution in [0.4, 0.5) is 21.9 Å². The van der Waals surface area contributed by atoms with Crippen LogP contribution in [0.3, 0.4) is 0 Å². The topological polar surface area (TPSA) is 79.0 Å². The fourth-order valence-electron chi connectivity index (χ4n) is 3.77. The van der Waals surface area contributed by atoms with E-state index in [4.69, 9.17) is 4.74 Å². The van der Waals surface area contributed by atoms with Crippen molar-refractivity contribution < 1.29 is 19.1 Å². The van der Waals surface area contributed by atoms with Gasteiger partial charge in [0.2, 0.25) is 11.8 Å². The van der Waals surface area contributed by atoms with E-state index in [-0.39, 0.29) is 24.3 Å². The number of hydrogen-bond donors (Lipinski definition) is 1. The highest BCUT2D eigenvalue weighted by atomic mass is 16.6. The number of carbonyl (C=O) groups is 3. The Hall–Kier alpha value is -3.35. The molecule has 29 heavy (non-hydrogen) atoms. The van der Waals surface area contributed by atoms with Gasteiger partial charge in [0.05, 0.1) is 12.5 Å². The van der Waals surface area contributed by atoms with E-state index in [0.29, 0.717) is 31.1 Å². The predicted octanol–water partition coefficient (Wildman–Crippen LogP) is 3.25. The first-order valence-corrected chi connectivity index (χ1v) is 9.66. The van der Waals surface area contributed by atoms with Gasteiger partial charge in [-0.05, 0) is 49.2 Å². The van der Waals surface area contributed by atoms with Gasteiger partial charge >= 0.3 is 6.09 Å². The molecule has 150 valence electrons. The maximum absolute atomic E-state index is 12.8. The van der Waals surface area contributed by atoms with Crippen molar-refractivity contribution in [2.75, 3.05) is 34.8 Å². The zero-order chi connectivity index (χ0) is 20.5. The van der Waals surface area contributed by atoms with E-state index in [9.17, 15) is 14.4 Å². The van der Waals surface area contributed by atoms with Crippen molar-refractivity contribution in [3.05, 3.63) is 53.6 Å². The fourth-order valence-corrected chi connectivity index (χ4v) is 3.77. The maximum atomic E-state index is 12.8. The summed E-state index contributed by atoms with van der Waals surface area (Å²) < 4.78 is 4.96. The summed E-state index contributed by atoms with van der Waals surface area (Å²) in [5.41, 5.74) is 4.28. The molecule has 0 bridgehead atoms. The van der Waals surface area contributed by atoms with Gasteiger partial charge in [-0.25, -0.2) is 4.79 Å². The van der Waals surface area contributed by atoms with Gasteiger partial charge in [0.1, 0.15) is 6.61 Å². The molecule has 7 heteroatoms. The van der Waals surface area contributed by atoms with E-state index in [1.807, 2.05) is 32.0 Å². The van der Waals surface area contributed by atoms with Gasteiger partial charge < -0.3 is 15.0 Å². The molecule has 3 amide bonds. The number of ether oxygens (including phenoxy) is 1. The summed E-state index contributed by atoms with van der Waals surface area (Å²) in [5, 5.41) is 2.88. The number of nitrogens with zero attached hydrogens (tertiary/aromatic N) is 2. The van der Waals surface area contributed by atoms with Crippen LogP contribution < -0.4 is 15.1 Å². The minimum Gasteiger partial charge on any atom is -0.447 e. The van der Waals surface area contributed by atoms with Gasteiger partial charge in [-0.15, -0.1) is 0 Å². The third kappa shape index (κ3) is 3.68. The Balaban J connectivity index is 1.46. The van der Waals surface area contributed by atoms with Crippen molar-refractivity contribution in [3.8, 4) is 0 Å². The molecule has 2 aliphatic heterocycles. The van der Waals surface area contributed by atoms with E-state index in [0.717, 1.165) is 16.8 Å². The predicted molar refractivity (Wildman–Crippen MR) is 110 cm³/mol. The van der Waals surface area contributed by atoms with Gasteiger partial charge in [-0.3, -0.25) is 14.5 Å². The van der Waals surface area contributed by atoms with Crippen LogP contribution >= 0.6 is 0 Å². The van der Waals surface area contributed by atoms with Crippen molar-refractivity contribution in [1.82, 2.24) is 0 Å². The molecular weight excluding hydrogens is 370 g/mol. The highest BCUT2D eigenvalue weighted by Crippen LogP contribution is 2.30. The third-order valence-corrected chi connectivity index (χ3v) is 5.55. The molecule has 2 aromatic carbocycles. The molecule has 1 unspecified atom stereocenters. The average Bonchev–Trinajstić information content (AvgIpc) is 3.30. The normalized spacial score (nSPS) is 18.9. The van der Waals surface area contributed by atoms with Crippen LogP contribution in [0.2, 0.25) is 0 Å². The van der Waals surface area contributed by atoms with Crippen LogP contribution in [0, 0.1) is 19.8 Å². The number of cyclic esters (lactones) is 1. The van der Waals surface area contributed by atoms with Gasteiger partial charge in [-0.1, -0.05) is 18.2 Å². The first-order chi connectivity index (χ1) is 13.9. The lowest BCUT2D eigenvalue weighted by atomic mass is 10.1. The SMILES string of the molecule is Cc1cccc(N2CC(C(=O)Nc3cccc(N4CCOC4=O)c3)CC2=O)c1C. The highest BCUT2D eigenvalue weighted by molar-refractivity contribution is 6.04. The lowest BCUT2D eigenvalue weighted by Crippen LogP contribution is -2.29. The monoisotopic (exact) mass is 393 g/mol. The molecule has 0 saturated carbocycles. The number of carbonyl (C=O) groups excluding carboxylic acids is 3. The molecule has 1 N–H and O–H groups in total. The summed E-state index contributed by atoms with van der Waals surface area (Å²) in [7, 11) is 0. The average molecular weight is 393 g/mol. The Bertz CT molecular complexity index is 988. The number of rotatable bonds is 4. The number of aryl methyl sites for hydroxylation is 1. The first-order valence-electron chi connectivity index (χ1n) is 9.66. The van der Waals surface area contributed by atoms with E-state index in [2.05, 4.69) is 5.32 Å². The Labute approximate surface area is 169 Å². The Morgan fingerprint density at radius 2 is 1.90 bits per heavy atom. The van der Waals surface area contributed by atoms with Crippen LogP contribution in [0.15, 0.2) is 42.5 Å². The largest absolute Gasteiger partial charge is 0.447 e. The molecule has 1 atom stereocenters. The second-order valence-corrected chi connectivity index (χ2v) is 7.43. The smallest absolute Gasteiger partial charge is 0.414 e.